The molecule has 0 aromatic heterocycles. The fourth-order valence-corrected chi connectivity index (χ4v) is 4.08. The number of aliphatic carboxylic acids is 1. The Labute approximate surface area is 198 Å². The average Bonchev–Trinajstić information content (AvgIpc) is 2.74. The van der Waals surface area contributed by atoms with Gasteiger partial charge in [-0.15, -0.1) is 0 Å². The summed E-state index contributed by atoms with van der Waals surface area (Å²) in [5.74, 6) is -3.95. The van der Waals surface area contributed by atoms with Crippen molar-refractivity contribution in [1.82, 2.24) is 4.90 Å². The second-order valence-electron chi connectivity index (χ2n) is 7.19. The van der Waals surface area contributed by atoms with Crippen LogP contribution in [0.3, 0.4) is 0 Å². The van der Waals surface area contributed by atoms with Gasteiger partial charge in [-0.2, -0.15) is 13.2 Å². The Balaban J connectivity index is 0.000000509. The molecule has 0 radical (unpaired) electrons. The number of carboxylic acids is 2. The van der Waals surface area contributed by atoms with E-state index in [9.17, 15) is 31.5 Å². The predicted octanol–water partition coefficient (Wildman–Crippen LogP) is 3.22. The molecule has 0 spiro atoms. The third kappa shape index (κ3) is 7.50. The van der Waals surface area contributed by atoms with Crippen LogP contribution in [0.25, 0.3) is 0 Å². The van der Waals surface area contributed by atoms with Crippen LogP contribution in [0.5, 0.6) is 0 Å². The summed E-state index contributed by atoms with van der Waals surface area (Å²) < 4.78 is 59.2. The van der Waals surface area contributed by atoms with Gasteiger partial charge in [-0.05, 0) is 49.5 Å². The van der Waals surface area contributed by atoms with E-state index >= 15 is 0 Å². The number of hydrogen-bond donors (Lipinski definition) is 3. The first-order valence-electron chi connectivity index (χ1n) is 9.60. The molecular formula is C20H21ClF3N3O6S. The van der Waals surface area contributed by atoms with Crippen molar-refractivity contribution >= 4 is 44.9 Å². The second-order valence-corrected chi connectivity index (χ2v) is 9.31. The van der Waals surface area contributed by atoms with Gasteiger partial charge >= 0.3 is 18.1 Å². The van der Waals surface area contributed by atoms with Crippen LogP contribution in [0.15, 0.2) is 47.4 Å². The van der Waals surface area contributed by atoms with Crippen molar-refractivity contribution in [3.05, 3.63) is 53.1 Å². The van der Waals surface area contributed by atoms with E-state index in [-0.39, 0.29) is 16.1 Å². The van der Waals surface area contributed by atoms with E-state index in [0.29, 0.717) is 5.02 Å². The van der Waals surface area contributed by atoms with Crippen molar-refractivity contribution in [3.63, 3.8) is 0 Å². The number of aromatic carboxylic acids is 1. The van der Waals surface area contributed by atoms with Crippen molar-refractivity contribution < 1.29 is 41.4 Å². The lowest BCUT2D eigenvalue weighted by molar-refractivity contribution is -0.192. The second kappa shape index (κ2) is 10.9. The zero-order valence-corrected chi connectivity index (χ0v) is 19.3. The summed E-state index contributed by atoms with van der Waals surface area (Å²) in [5, 5.41) is 17.1. The Bertz CT molecular complexity index is 1140. The van der Waals surface area contributed by atoms with Crippen molar-refractivity contribution in [2.75, 3.05) is 42.8 Å². The first-order valence-corrected chi connectivity index (χ1v) is 11.5. The molecule has 0 amide bonds. The lowest BCUT2D eigenvalue weighted by atomic mass is 10.1. The van der Waals surface area contributed by atoms with E-state index < -0.39 is 28.1 Å². The summed E-state index contributed by atoms with van der Waals surface area (Å²) in [5.41, 5.74) is 0.689. The molecule has 1 aliphatic heterocycles. The normalized spacial score (nSPS) is 14.7. The molecule has 0 aliphatic carbocycles. The van der Waals surface area contributed by atoms with Gasteiger partial charge in [0.05, 0.1) is 16.1 Å². The lowest BCUT2D eigenvalue weighted by Crippen LogP contribution is -2.44. The molecule has 1 saturated heterocycles. The molecule has 0 saturated carbocycles. The largest absolute Gasteiger partial charge is 0.490 e. The van der Waals surface area contributed by atoms with E-state index in [2.05, 4.69) is 14.5 Å². The molecule has 0 bridgehead atoms. The highest BCUT2D eigenvalue weighted by Crippen LogP contribution is 2.27. The maximum Gasteiger partial charge on any atom is 0.490 e. The van der Waals surface area contributed by atoms with Gasteiger partial charge < -0.3 is 20.0 Å². The van der Waals surface area contributed by atoms with E-state index in [1.807, 2.05) is 7.05 Å². The standard InChI is InChI=1S/C18H20ClN3O4S.C2HF3O2/c1-21-8-10-22(11-9-21)14-4-7-17(16(12-14)18(23)24)20-27(25,26)15-5-2-13(19)3-6-15;3-2(4,5)1(6)7/h2-7,12,20H,8-11H2,1H3,(H,23,24);(H,6,7). The number of nitrogens with zero attached hydrogens (tertiary/aromatic N) is 2. The van der Waals surface area contributed by atoms with Gasteiger partial charge in [0.2, 0.25) is 0 Å². The predicted molar refractivity (Wildman–Crippen MR) is 119 cm³/mol. The number of likely N-dealkylation sites (N-methyl/N-ethyl adjacent to an activating group) is 1. The summed E-state index contributed by atoms with van der Waals surface area (Å²) in [6, 6.07) is 10.4. The molecule has 9 nitrogen and oxygen atoms in total. The number of anilines is 2. The van der Waals surface area contributed by atoms with Crippen LogP contribution in [0.1, 0.15) is 10.4 Å². The van der Waals surface area contributed by atoms with Crippen LogP contribution in [-0.2, 0) is 14.8 Å². The third-order valence-electron chi connectivity index (χ3n) is 4.71. The Morgan fingerprint density at radius 2 is 1.53 bits per heavy atom. The zero-order valence-electron chi connectivity index (χ0n) is 17.7. The molecular weight excluding hydrogens is 503 g/mol. The van der Waals surface area contributed by atoms with Crippen LogP contribution < -0.4 is 9.62 Å². The number of nitrogens with one attached hydrogen (secondary N) is 1. The summed E-state index contributed by atoms with van der Waals surface area (Å²) in [4.78, 5) is 24.9. The number of carboxylic acid groups (broad SMARTS) is 2. The minimum atomic E-state index is -5.08. The summed E-state index contributed by atoms with van der Waals surface area (Å²) >= 11 is 5.79. The first-order chi connectivity index (χ1) is 15.7. The van der Waals surface area contributed by atoms with Gasteiger partial charge in [0.1, 0.15) is 0 Å². The van der Waals surface area contributed by atoms with Gasteiger partial charge in [0, 0.05) is 36.9 Å². The Morgan fingerprint density at radius 3 is 2.00 bits per heavy atom. The Kier molecular flexibility index (Phi) is 8.75. The molecule has 14 heteroatoms. The Hall–Kier alpha value is -3.03. The summed E-state index contributed by atoms with van der Waals surface area (Å²) in [7, 11) is -1.89. The number of hydrogen-bond acceptors (Lipinski definition) is 6. The number of carbonyl (C=O) groups is 2. The van der Waals surface area contributed by atoms with E-state index in [0.717, 1.165) is 31.9 Å². The highest BCUT2D eigenvalue weighted by molar-refractivity contribution is 7.92. The smallest absolute Gasteiger partial charge is 0.478 e. The van der Waals surface area contributed by atoms with Crippen molar-refractivity contribution in [2.45, 2.75) is 11.1 Å². The number of piperazine rings is 1. The molecule has 3 N–H and O–H groups in total. The molecule has 186 valence electrons. The molecule has 3 rings (SSSR count). The van der Waals surface area contributed by atoms with Gasteiger partial charge in [-0.1, -0.05) is 11.6 Å². The Morgan fingerprint density at radius 1 is 1.00 bits per heavy atom. The highest BCUT2D eigenvalue weighted by atomic mass is 35.5. The van der Waals surface area contributed by atoms with Crippen LogP contribution >= 0.6 is 11.6 Å². The molecule has 2 aromatic carbocycles. The minimum absolute atomic E-state index is 0.00591. The van der Waals surface area contributed by atoms with Gasteiger partial charge in [-0.25, -0.2) is 18.0 Å². The van der Waals surface area contributed by atoms with Gasteiger partial charge in [0.25, 0.3) is 10.0 Å². The number of halogens is 4. The van der Waals surface area contributed by atoms with Gasteiger partial charge in [-0.3, -0.25) is 4.72 Å². The number of benzene rings is 2. The molecule has 2 aromatic rings. The summed E-state index contributed by atoms with van der Waals surface area (Å²) in [6.07, 6.45) is -5.08. The molecule has 1 heterocycles. The lowest BCUT2D eigenvalue weighted by Gasteiger charge is -2.34. The van der Waals surface area contributed by atoms with Crippen molar-refractivity contribution in [2.24, 2.45) is 0 Å². The highest BCUT2D eigenvalue weighted by Gasteiger charge is 2.38. The summed E-state index contributed by atoms with van der Waals surface area (Å²) in [6.45, 7) is 3.33. The van der Waals surface area contributed by atoms with Crippen LogP contribution in [-0.4, -0.2) is 74.9 Å². The van der Waals surface area contributed by atoms with E-state index in [1.54, 1.807) is 6.07 Å². The number of alkyl halides is 3. The first kappa shape index (κ1) is 27.2. The molecule has 34 heavy (non-hydrogen) atoms. The third-order valence-corrected chi connectivity index (χ3v) is 6.35. The topological polar surface area (TPSA) is 127 Å². The van der Waals surface area contributed by atoms with Gasteiger partial charge in [0.15, 0.2) is 0 Å². The fourth-order valence-electron chi connectivity index (χ4n) is 2.88. The fraction of sp³-hybridized carbons (Fsp3) is 0.300. The molecule has 1 fully saturated rings. The quantitative estimate of drug-likeness (QED) is 0.545. The number of rotatable bonds is 5. The SMILES string of the molecule is CN1CCN(c2ccc(NS(=O)(=O)c3ccc(Cl)cc3)c(C(=O)O)c2)CC1.O=C(O)C(F)(F)F. The van der Waals surface area contributed by atoms with Crippen LogP contribution in [0, 0.1) is 0 Å². The molecule has 1 aliphatic rings. The molecule has 0 atom stereocenters. The number of sulfonamides is 1. The van der Waals surface area contributed by atoms with Crippen LogP contribution in [0.2, 0.25) is 5.02 Å². The van der Waals surface area contributed by atoms with E-state index in [4.69, 9.17) is 21.5 Å². The van der Waals surface area contributed by atoms with Crippen molar-refractivity contribution in [1.29, 1.82) is 0 Å². The monoisotopic (exact) mass is 523 g/mol. The maximum absolute atomic E-state index is 12.5. The van der Waals surface area contributed by atoms with E-state index in [1.165, 1.54) is 36.4 Å². The van der Waals surface area contributed by atoms with Crippen molar-refractivity contribution in [3.8, 4) is 0 Å². The van der Waals surface area contributed by atoms with Crippen LogP contribution in [0.4, 0.5) is 24.5 Å². The zero-order chi connectivity index (χ0) is 25.7. The minimum Gasteiger partial charge on any atom is -0.478 e. The average molecular weight is 524 g/mol. The molecule has 0 unspecified atom stereocenters. The maximum atomic E-state index is 12.5.